The molecular weight excluding hydrogens is 250 g/mol. The summed E-state index contributed by atoms with van der Waals surface area (Å²) in [7, 11) is 3.57. The van der Waals surface area contributed by atoms with E-state index in [4.69, 9.17) is 16.3 Å². The van der Waals surface area contributed by atoms with Crippen LogP contribution in [0, 0.1) is 0 Å². The molecular formula is C13H20ClN3O. The fraction of sp³-hybridized carbons (Fsp3) is 0.462. The van der Waals surface area contributed by atoms with Crippen molar-refractivity contribution in [3.8, 4) is 0 Å². The highest BCUT2D eigenvalue weighted by Crippen LogP contribution is 2.24. The molecule has 0 bridgehead atoms. The van der Waals surface area contributed by atoms with Crippen molar-refractivity contribution in [2.45, 2.75) is 6.54 Å². The lowest BCUT2D eigenvalue weighted by molar-refractivity contribution is 0.205. The van der Waals surface area contributed by atoms with Crippen LogP contribution in [0.5, 0.6) is 0 Å². The minimum Gasteiger partial charge on any atom is -0.383 e. The summed E-state index contributed by atoms with van der Waals surface area (Å²) in [5.74, 6) is 0.772. The van der Waals surface area contributed by atoms with Gasteiger partial charge in [-0.05, 0) is 18.7 Å². The molecule has 5 heteroatoms. The maximum atomic E-state index is 6.27. The number of halogens is 1. The Morgan fingerprint density at radius 2 is 2.39 bits per heavy atom. The lowest BCUT2D eigenvalue weighted by atomic mass is 10.2. The second kappa shape index (κ2) is 8.08. The molecule has 0 saturated carbocycles. The molecule has 1 heterocycles. The van der Waals surface area contributed by atoms with Crippen molar-refractivity contribution in [2.24, 2.45) is 0 Å². The van der Waals surface area contributed by atoms with Gasteiger partial charge in [-0.25, -0.2) is 4.98 Å². The van der Waals surface area contributed by atoms with Gasteiger partial charge in [0.2, 0.25) is 0 Å². The number of methoxy groups -OCH3 is 1. The van der Waals surface area contributed by atoms with Gasteiger partial charge in [0, 0.05) is 32.9 Å². The Hall–Kier alpha value is -1.10. The standard InChI is InChI=1S/C13H20ClN3O/c1-4-5-17(6-7-18-3)13-12(14)8-11(9-15-2)10-16-13/h4,8,10,15H,1,5-7,9H2,2-3H3. The second-order valence-corrected chi connectivity index (χ2v) is 4.31. The summed E-state index contributed by atoms with van der Waals surface area (Å²) in [6.45, 7) is 6.57. The van der Waals surface area contributed by atoms with Crippen LogP contribution in [-0.2, 0) is 11.3 Å². The van der Waals surface area contributed by atoms with Crippen LogP contribution < -0.4 is 10.2 Å². The molecule has 0 aliphatic heterocycles. The van der Waals surface area contributed by atoms with Crippen LogP contribution in [0.1, 0.15) is 5.56 Å². The van der Waals surface area contributed by atoms with E-state index in [0.717, 1.165) is 24.5 Å². The van der Waals surface area contributed by atoms with Crippen molar-refractivity contribution in [1.82, 2.24) is 10.3 Å². The Labute approximate surface area is 114 Å². The van der Waals surface area contributed by atoms with E-state index in [1.807, 2.05) is 30.3 Å². The third-order valence-corrected chi connectivity index (χ3v) is 2.75. The first-order chi connectivity index (χ1) is 8.72. The van der Waals surface area contributed by atoms with Crippen molar-refractivity contribution >= 4 is 17.4 Å². The van der Waals surface area contributed by atoms with Crippen LogP contribution in [0.4, 0.5) is 5.82 Å². The predicted molar refractivity (Wildman–Crippen MR) is 76.3 cm³/mol. The van der Waals surface area contributed by atoms with Crippen molar-refractivity contribution in [3.05, 3.63) is 35.5 Å². The lowest BCUT2D eigenvalue weighted by Crippen LogP contribution is -2.28. The summed E-state index contributed by atoms with van der Waals surface area (Å²) in [5.41, 5.74) is 1.07. The molecule has 0 aliphatic rings. The Morgan fingerprint density at radius 3 is 2.94 bits per heavy atom. The first-order valence-electron chi connectivity index (χ1n) is 5.86. The highest BCUT2D eigenvalue weighted by atomic mass is 35.5. The van der Waals surface area contributed by atoms with E-state index in [9.17, 15) is 0 Å². The maximum Gasteiger partial charge on any atom is 0.147 e. The molecule has 1 rings (SSSR count). The summed E-state index contributed by atoms with van der Waals surface area (Å²) < 4.78 is 5.09. The molecule has 100 valence electrons. The first-order valence-corrected chi connectivity index (χ1v) is 6.24. The van der Waals surface area contributed by atoms with Gasteiger partial charge in [0.25, 0.3) is 0 Å². The topological polar surface area (TPSA) is 37.4 Å². The molecule has 0 atom stereocenters. The first kappa shape index (κ1) is 15.0. The van der Waals surface area contributed by atoms with E-state index in [0.29, 0.717) is 18.2 Å². The molecule has 1 aromatic heterocycles. The number of hydrogen-bond acceptors (Lipinski definition) is 4. The van der Waals surface area contributed by atoms with Crippen molar-refractivity contribution in [1.29, 1.82) is 0 Å². The number of nitrogens with one attached hydrogen (secondary N) is 1. The fourth-order valence-corrected chi connectivity index (χ4v) is 1.95. The number of rotatable bonds is 8. The normalized spacial score (nSPS) is 10.4. The third kappa shape index (κ3) is 4.29. The van der Waals surface area contributed by atoms with Crippen molar-refractivity contribution < 1.29 is 4.74 Å². The Bertz CT molecular complexity index is 384. The van der Waals surface area contributed by atoms with E-state index in [1.165, 1.54) is 0 Å². The minimum atomic E-state index is 0.629. The molecule has 0 unspecified atom stereocenters. The third-order valence-electron chi connectivity index (χ3n) is 2.47. The summed E-state index contributed by atoms with van der Waals surface area (Å²) in [6.07, 6.45) is 3.66. The van der Waals surface area contributed by atoms with Crippen LogP contribution in [-0.4, -0.2) is 38.8 Å². The number of hydrogen-bond donors (Lipinski definition) is 1. The smallest absolute Gasteiger partial charge is 0.147 e. The zero-order valence-electron chi connectivity index (χ0n) is 10.9. The Balaban J connectivity index is 2.86. The summed E-state index contributed by atoms with van der Waals surface area (Å²) in [5, 5.41) is 3.72. The number of nitrogens with zero attached hydrogens (tertiary/aromatic N) is 2. The highest BCUT2D eigenvalue weighted by molar-refractivity contribution is 6.33. The molecule has 0 saturated heterocycles. The molecule has 0 amide bonds. The van der Waals surface area contributed by atoms with Gasteiger partial charge < -0.3 is 15.0 Å². The molecule has 1 N–H and O–H groups in total. The van der Waals surface area contributed by atoms with E-state index >= 15 is 0 Å². The maximum absolute atomic E-state index is 6.27. The number of pyridine rings is 1. The van der Waals surface area contributed by atoms with Crippen molar-refractivity contribution in [3.63, 3.8) is 0 Å². The van der Waals surface area contributed by atoms with Gasteiger partial charge in [-0.3, -0.25) is 0 Å². The molecule has 0 aromatic carbocycles. The van der Waals surface area contributed by atoms with E-state index in [1.54, 1.807) is 7.11 Å². The Kier molecular flexibility index (Phi) is 6.72. The zero-order valence-corrected chi connectivity index (χ0v) is 11.7. The van der Waals surface area contributed by atoms with Gasteiger partial charge in [0.15, 0.2) is 0 Å². The average Bonchev–Trinajstić information content (AvgIpc) is 2.35. The van der Waals surface area contributed by atoms with Gasteiger partial charge in [0.1, 0.15) is 5.82 Å². The average molecular weight is 270 g/mol. The Morgan fingerprint density at radius 1 is 1.61 bits per heavy atom. The van der Waals surface area contributed by atoms with Crippen LogP contribution in [0.25, 0.3) is 0 Å². The number of ether oxygens (including phenoxy) is 1. The molecule has 1 aromatic rings. The molecule has 0 spiro atoms. The van der Waals surface area contributed by atoms with Gasteiger partial charge in [-0.1, -0.05) is 17.7 Å². The predicted octanol–water partition coefficient (Wildman–Crippen LogP) is 2.09. The SMILES string of the molecule is C=CCN(CCOC)c1ncc(CNC)cc1Cl. The van der Waals surface area contributed by atoms with Gasteiger partial charge in [-0.15, -0.1) is 6.58 Å². The van der Waals surface area contributed by atoms with E-state index in [-0.39, 0.29) is 0 Å². The minimum absolute atomic E-state index is 0.629. The van der Waals surface area contributed by atoms with Gasteiger partial charge in [-0.2, -0.15) is 0 Å². The molecule has 0 aliphatic carbocycles. The van der Waals surface area contributed by atoms with Crippen LogP contribution in [0.3, 0.4) is 0 Å². The molecule has 0 fully saturated rings. The number of anilines is 1. The van der Waals surface area contributed by atoms with E-state index in [2.05, 4.69) is 16.9 Å². The summed E-state index contributed by atoms with van der Waals surface area (Å²) in [4.78, 5) is 6.46. The van der Waals surface area contributed by atoms with Gasteiger partial charge in [0.05, 0.1) is 11.6 Å². The zero-order chi connectivity index (χ0) is 13.4. The quantitative estimate of drug-likeness (QED) is 0.734. The van der Waals surface area contributed by atoms with Gasteiger partial charge >= 0.3 is 0 Å². The molecule has 18 heavy (non-hydrogen) atoms. The second-order valence-electron chi connectivity index (χ2n) is 3.91. The summed E-state index contributed by atoms with van der Waals surface area (Å²) in [6, 6.07) is 1.93. The molecule has 0 radical (unpaired) electrons. The largest absolute Gasteiger partial charge is 0.383 e. The lowest BCUT2D eigenvalue weighted by Gasteiger charge is -2.23. The summed E-state index contributed by atoms with van der Waals surface area (Å²) >= 11 is 6.27. The fourth-order valence-electron chi connectivity index (χ4n) is 1.64. The van der Waals surface area contributed by atoms with E-state index < -0.39 is 0 Å². The molecule has 4 nitrogen and oxygen atoms in total. The monoisotopic (exact) mass is 269 g/mol. The number of aromatic nitrogens is 1. The highest BCUT2D eigenvalue weighted by Gasteiger charge is 2.11. The van der Waals surface area contributed by atoms with Crippen molar-refractivity contribution in [2.75, 3.05) is 38.8 Å². The van der Waals surface area contributed by atoms with Crippen LogP contribution in [0.2, 0.25) is 5.02 Å². The van der Waals surface area contributed by atoms with Crippen LogP contribution in [0.15, 0.2) is 24.9 Å². The van der Waals surface area contributed by atoms with Crippen LogP contribution >= 0.6 is 11.6 Å².